The number of thiazole rings is 1. The van der Waals surface area contributed by atoms with Crippen LogP contribution in [0.15, 0.2) is 17.5 Å². The average Bonchev–Trinajstić information content (AvgIpc) is 3.39. The fourth-order valence-electron chi connectivity index (χ4n) is 4.03. The topological polar surface area (TPSA) is 79.4 Å². The van der Waals surface area contributed by atoms with Crippen LogP contribution in [0.4, 0.5) is 0 Å². The van der Waals surface area contributed by atoms with Crippen LogP contribution in [0.25, 0.3) is 10.6 Å². The summed E-state index contributed by atoms with van der Waals surface area (Å²) in [5.74, 6) is -0.603. The van der Waals surface area contributed by atoms with Crippen LogP contribution in [0.2, 0.25) is 0 Å². The van der Waals surface area contributed by atoms with E-state index in [9.17, 15) is 14.4 Å². The maximum absolute atomic E-state index is 12.5. The van der Waals surface area contributed by atoms with Crippen molar-refractivity contribution in [2.75, 3.05) is 6.54 Å². The third kappa shape index (κ3) is 3.89. The highest BCUT2D eigenvalue weighted by Gasteiger charge is 2.47. The summed E-state index contributed by atoms with van der Waals surface area (Å²) in [5, 5.41) is 5.95. The van der Waals surface area contributed by atoms with E-state index in [-0.39, 0.29) is 42.5 Å². The Labute approximate surface area is 172 Å². The molecule has 148 valence electrons. The van der Waals surface area contributed by atoms with E-state index in [1.54, 1.807) is 22.7 Å². The van der Waals surface area contributed by atoms with E-state index in [2.05, 4.69) is 10.3 Å². The summed E-state index contributed by atoms with van der Waals surface area (Å²) in [5.41, 5.74) is 0.970. The highest BCUT2D eigenvalue weighted by molar-refractivity contribution is 7.16. The van der Waals surface area contributed by atoms with Crippen LogP contribution >= 0.6 is 22.7 Å². The number of carbonyl (C=O) groups is 3. The monoisotopic (exact) mass is 417 g/mol. The van der Waals surface area contributed by atoms with Crippen LogP contribution in [-0.4, -0.2) is 34.2 Å². The summed E-state index contributed by atoms with van der Waals surface area (Å²) in [4.78, 5) is 45.0. The Hall–Kier alpha value is -2.06. The molecule has 0 unspecified atom stereocenters. The first-order valence-electron chi connectivity index (χ1n) is 9.66. The van der Waals surface area contributed by atoms with Crippen molar-refractivity contribution in [3.63, 3.8) is 0 Å². The van der Waals surface area contributed by atoms with E-state index in [1.165, 1.54) is 4.90 Å². The van der Waals surface area contributed by atoms with Gasteiger partial charge in [-0.2, -0.15) is 0 Å². The van der Waals surface area contributed by atoms with Gasteiger partial charge in [0.15, 0.2) is 0 Å². The van der Waals surface area contributed by atoms with Crippen LogP contribution in [0.5, 0.6) is 0 Å². The molecule has 8 heteroatoms. The Morgan fingerprint density at radius 3 is 2.57 bits per heavy atom. The Morgan fingerprint density at radius 1 is 1.21 bits per heavy atom. The number of rotatable bonds is 6. The van der Waals surface area contributed by atoms with E-state index in [1.807, 2.05) is 24.4 Å². The SMILES string of the molecule is Cc1nc(-c2ccc(CNC(=O)CCN3C(=O)[C@H]4CCCC[C@H]4C3=O)s2)cs1. The van der Waals surface area contributed by atoms with Crippen molar-refractivity contribution in [2.45, 2.75) is 45.6 Å². The zero-order chi connectivity index (χ0) is 19.7. The minimum absolute atomic E-state index is 0.0797. The number of nitrogens with one attached hydrogen (secondary N) is 1. The molecule has 0 spiro atoms. The summed E-state index contributed by atoms with van der Waals surface area (Å²) in [7, 11) is 0. The molecule has 1 saturated heterocycles. The highest BCUT2D eigenvalue weighted by atomic mass is 32.1. The molecule has 0 aromatic carbocycles. The molecule has 28 heavy (non-hydrogen) atoms. The second-order valence-electron chi connectivity index (χ2n) is 7.37. The number of nitrogens with zero attached hydrogens (tertiary/aromatic N) is 2. The standard InChI is InChI=1S/C20H23N3O3S2/c1-12-22-16(11-27-12)17-7-6-13(28-17)10-21-18(24)8-9-23-19(25)14-4-2-3-5-15(14)20(23)26/h6-7,11,14-15H,2-5,8-10H2,1H3,(H,21,24)/t14-,15+. The molecule has 2 aliphatic rings. The van der Waals surface area contributed by atoms with Crippen LogP contribution in [0.1, 0.15) is 42.0 Å². The first-order valence-corrected chi connectivity index (χ1v) is 11.4. The summed E-state index contributed by atoms with van der Waals surface area (Å²) in [6, 6.07) is 4.01. The molecule has 1 aliphatic carbocycles. The minimum Gasteiger partial charge on any atom is -0.351 e. The van der Waals surface area contributed by atoms with Crippen LogP contribution in [0.3, 0.4) is 0 Å². The molecule has 2 fully saturated rings. The molecule has 1 N–H and O–H groups in total. The van der Waals surface area contributed by atoms with Crippen molar-refractivity contribution in [3.8, 4) is 10.6 Å². The molecular weight excluding hydrogens is 394 g/mol. The number of likely N-dealkylation sites (tertiary alicyclic amines) is 1. The van der Waals surface area contributed by atoms with Gasteiger partial charge in [-0.15, -0.1) is 22.7 Å². The molecule has 2 aromatic heterocycles. The number of aryl methyl sites for hydroxylation is 1. The predicted molar refractivity (Wildman–Crippen MR) is 109 cm³/mol. The lowest BCUT2D eigenvalue weighted by molar-refractivity contribution is -0.140. The minimum atomic E-state index is -0.150. The van der Waals surface area contributed by atoms with Crippen molar-refractivity contribution in [2.24, 2.45) is 11.8 Å². The highest BCUT2D eigenvalue weighted by Crippen LogP contribution is 2.38. The number of carbonyl (C=O) groups excluding carboxylic acids is 3. The van der Waals surface area contributed by atoms with E-state index in [0.29, 0.717) is 6.54 Å². The van der Waals surface area contributed by atoms with Gasteiger partial charge < -0.3 is 5.32 Å². The Kier molecular flexibility index (Phi) is 5.59. The van der Waals surface area contributed by atoms with E-state index < -0.39 is 0 Å². The Morgan fingerprint density at radius 2 is 1.93 bits per heavy atom. The number of fused-ring (bicyclic) bond motifs is 1. The second-order valence-corrected chi connectivity index (χ2v) is 9.60. The van der Waals surface area contributed by atoms with Gasteiger partial charge in [-0.25, -0.2) is 4.98 Å². The number of amides is 3. The lowest BCUT2D eigenvalue weighted by Crippen LogP contribution is -2.35. The molecule has 2 aromatic rings. The molecule has 0 radical (unpaired) electrons. The lowest BCUT2D eigenvalue weighted by Gasteiger charge is -2.19. The van der Waals surface area contributed by atoms with Gasteiger partial charge >= 0.3 is 0 Å². The Bertz CT molecular complexity index is 880. The van der Waals surface area contributed by atoms with Gasteiger partial charge in [0.05, 0.1) is 34.0 Å². The molecule has 1 saturated carbocycles. The van der Waals surface area contributed by atoms with Gasteiger partial charge in [0.1, 0.15) is 0 Å². The zero-order valence-electron chi connectivity index (χ0n) is 15.8. The molecule has 3 amide bonds. The largest absolute Gasteiger partial charge is 0.351 e. The van der Waals surface area contributed by atoms with Crippen molar-refractivity contribution in [1.29, 1.82) is 0 Å². The zero-order valence-corrected chi connectivity index (χ0v) is 17.4. The average molecular weight is 418 g/mol. The molecule has 0 bridgehead atoms. The van der Waals surface area contributed by atoms with Gasteiger partial charge in [-0.3, -0.25) is 19.3 Å². The number of hydrogen-bond donors (Lipinski definition) is 1. The van der Waals surface area contributed by atoms with Gasteiger partial charge in [0.25, 0.3) is 0 Å². The normalized spacial score (nSPS) is 21.8. The molecule has 2 atom stereocenters. The molecular formula is C20H23N3O3S2. The van der Waals surface area contributed by atoms with Gasteiger partial charge in [0, 0.05) is 23.2 Å². The Balaban J connectivity index is 1.27. The third-order valence-corrected chi connectivity index (χ3v) is 7.37. The number of thiophene rings is 1. The smallest absolute Gasteiger partial charge is 0.233 e. The molecule has 4 rings (SSSR count). The van der Waals surface area contributed by atoms with Crippen LogP contribution < -0.4 is 5.32 Å². The quantitative estimate of drug-likeness (QED) is 0.731. The number of aromatic nitrogens is 1. The summed E-state index contributed by atoms with van der Waals surface area (Å²) in [6.07, 6.45) is 3.78. The van der Waals surface area contributed by atoms with Gasteiger partial charge in [-0.05, 0) is 31.9 Å². The van der Waals surface area contributed by atoms with E-state index in [0.717, 1.165) is 46.1 Å². The molecule has 1 aliphatic heterocycles. The fraction of sp³-hybridized carbons (Fsp3) is 0.500. The molecule has 6 nitrogen and oxygen atoms in total. The van der Waals surface area contributed by atoms with Crippen LogP contribution in [-0.2, 0) is 20.9 Å². The maximum Gasteiger partial charge on any atom is 0.233 e. The van der Waals surface area contributed by atoms with Crippen molar-refractivity contribution >= 4 is 40.4 Å². The van der Waals surface area contributed by atoms with E-state index in [4.69, 9.17) is 0 Å². The van der Waals surface area contributed by atoms with Gasteiger partial charge in [0.2, 0.25) is 17.7 Å². The lowest BCUT2D eigenvalue weighted by atomic mass is 9.81. The molecule has 3 heterocycles. The first-order chi connectivity index (χ1) is 13.5. The van der Waals surface area contributed by atoms with Gasteiger partial charge in [-0.1, -0.05) is 12.8 Å². The second kappa shape index (κ2) is 8.13. The van der Waals surface area contributed by atoms with Crippen molar-refractivity contribution in [1.82, 2.24) is 15.2 Å². The summed E-state index contributed by atoms with van der Waals surface area (Å²) >= 11 is 3.23. The number of hydrogen-bond acceptors (Lipinski definition) is 6. The van der Waals surface area contributed by atoms with Crippen molar-refractivity contribution in [3.05, 3.63) is 27.4 Å². The number of imide groups is 1. The summed E-state index contributed by atoms with van der Waals surface area (Å²) in [6.45, 7) is 2.61. The summed E-state index contributed by atoms with van der Waals surface area (Å²) < 4.78 is 0. The maximum atomic E-state index is 12.5. The van der Waals surface area contributed by atoms with Crippen LogP contribution in [0, 0.1) is 18.8 Å². The van der Waals surface area contributed by atoms with Crippen molar-refractivity contribution < 1.29 is 14.4 Å². The predicted octanol–water partition coefficient (Wildman–Crippen LogP) is 3.36. The fourth-order valence-corrected chi connectivity index (χ4v) is 5.62. The third-order valence-electron chi connectivity index (χ3n) is 5.49. The van der Waals surface area contributed by atoms with E-state index >= 15 is 0 Å². The first kappa shape index (κ1) is 19.3.